The van der Waals surface area contributed by atoms with E-state index in [0.29, 0.717) is 0 Å². The first kappa shape index (κ1) is 13.0. The zero-order valence-corrected chi connectivity index (χ0v) is 11.1. The molecule has 0 bridgehead atoms. The van der Waals surface area contributed by atoms with Crippen molar-refractivity contribution >= 4 is 5.91 Å². The van der Waals surface area contributed by atoms with E-state index >= 15 is 0 Å². The topological polar surface area (TPSA) is 54.0 Å². The van der Waals surface area contributed by atoms with Gasteiger partial charge < -0.3 is 10.6 Å². The van der Waals surface area contributed by atoms with Crippen molar-refractivity contribution < 1.29 is 4.79 Å². The summed E-state index contributed by atoms with van der Waals surface area (Å²) in [6.07, 6.45) is 6.34. The molecule has 1 aliphatic heterocycles. The van der Waals surface area contributed by atoms with E-state index in [9.17, 15) is 4.79 Å². The van der Waals surface area contributed by atoms with Gasteiger partial charge in [-0.3, -0.25) is 9.78 Å². The number of carbonyl (C=O) groups is 1. The predicted molar refractivity (Wildman–Crippen MR) is 71.1 cm³/mol. The molecule has 0 radical (unpaired) electrons. The van der Waals surface area contributed by atoms with E-state index in [1.54, 1.807) is 12.4 Å². The third-order valence-electron chi connectivity index (χ3n) is 3.84. The molecule has 0 aromatic carbocycles. The van der Waals surface area contributed by atoms with E-state index in [0.717, 1.165) is 31.4 Å². The fourth-order valence-electron chi connectivity index (χ4n) is 2.53. The summed E-state index contributed by atoms with van der Waals surface area (Å²) in [6, 6.07) is 3.89. The van der Waals surface area contributed by atoms with Crippen LogP contribution in [0.1, 0.15) is 44.7 Å². The molecule has 4 heteroatoms. The Bertz CT molecular complexity index is 399. The van der Waals surface area contributed by atoms with Crippen molar-refractivity contribution in [2.75, 3.05) is 6.54 Å². The SMILES string of the molecule is CCC1(C(=O)N[C@H](C)c2ccncc2)CCCN1. The fraction of sp³-hybridized carbons (Fsp3) is 0.571. The van der Waals surface area contributed by atoms with Crippen LogP contribution < -0.4 is 10.6 Å². The number of nitrogens with zero attached hydrogens (tertiary/aromatic N) is 1. The van der Waals surface area contributed by atoms with Gasteiger partial charge in [0.2, 0.25) is 5.91 Å². The van der Waals surface area contributed by atoms with E-state index < -0.39 is 0 Å². The van der Waals surface area contributed by atoms with Crippen LogP contribution in [0.25, 0.3) is 0 Å². The second kappa shape index (κ2) is 5.48. The fourth-order valence-corrected chi connectivity index (χ4v) is 2.53. The van der Waals surface area contributed by atoms with Crippen molar-refractivity contribution in [2.24, 2.45) is 0 Å². The Morgan fingerprint density at radius 1 is 1.56 bits per heavy atom. The first-order chi connectivity index (χ1) is 8.68. The average Bonchev–Trinajstić information content (AvgIpc) is 2.89. The lowest BCUT2D eigenvalue weighted by molar-refractivity contribution is -0.128. The minimum atomic E-state index is -0.360. The zero-order chi connectivity index (χ0) is 13.0. The molecular formula is C14H21N3O. The van der Waals surface area contributed by atoms with E-state index in [1.807, 2.05) is 19.1 Å². The molecule has 0 aliphatic carbocycles. The monoisotopic (exact) mass is 247 g/mol. The molecule has 1 aromatic heterocycles. The molecule has 1 fully saturated rings. The van der Waals surface area contributed by atoms with Crippen LogP contribution in [-0.2, 0) is 4.79 Å². The van der Waals surface area contributed by atoms with Crippen molar-refractivity contribution in [3.8, 4) is 0 Å². The number of aromatic nitrogens is 1. The highest BCUT2D eigenvalue weighted by Gasteiger charge is 2.39. The molecule has 2 heterocycles. The highest BCUT2D eigenvalue weighted by atomic mass is 16.2. The zero-order valence-electron chi connectivity index (χ0n) is 11.1. The molecule has 1 aliphatic rings. The lowest BCUT2D eigenvalue weighted by Crippen LogP contribution is -2.53. The summed E-state index contributed by atoms with van der Waals surface area (Å²) in [5.74, 6) is 0.117. The summed E-state index contributed by atoms with van der Waals surface area (Å²) in [7, 11) is 0. The van der Waals surface area contributed by atoms with E-state index in [2.05, 4.69) is 22.5 Å². The number of amides is 1. The first-order valence-electron chi connectivity index (χ1n) is 6.64. The Morgan fingerprint density at radius 3 is 2.83 bits per heavy atom. The van der Waals surface area contributed by atoms with Gasteiger partial charge in [-0.1, -0.05) is 6.92 Å². The second-order valence-corrected chi connectivity index (χ2v) is 4.94. The molecule has 4 nitrogen and oxygen atoms in total. The summed E-state index contributed by atoms with van der Waals surface area (Å²) in [4.78, 5) is 16.4. The van der Waals surface area contributed by atoms with E-state index in [4.69, 9.17) is 0 Å². The third-order valence-corrected chi connectivity index (χ3v) is 3.84. The Balaban J connectivity index is 2.03. The molecule has 0 saturated carbocycles. The van der Waals surface area contributed by atoms with Gasteiger partial charge in [0.1, 0.15) is 0 Å². The van der Waals surface area contributed by atoms with Crippen LogP contribution in [0.2, 0.25) is 0 Å². The van der Waals surface area contributed by atoms with Crippen LogP contribution in [0.15, 0.2) is 24.5 Å². The second-order valence-electron chi connectivity index (χ2n) is 4.94. The number of nitrogens with one attached hydrogen (secondary N) is 2. The van der Waals surface area contributed by atoms with Crippen molar-refractivity contribution in [3.63, 3.8) is 0 Å². The number of hydrogen-bond acceptors (Lipinski definition) is 3. The lowest BCUT2D eigenvalue weighted by Gasteiger charge is -2.28. The van der Waals surface area contributed by atoms with Crippen molar-refractivity contribution in [3.05, 3.63) is 30.1 Å². The number of carbonyl (C=O) groups excluding carboxylic acids is 1. The normalized spacial score (nSPS) is 24.8. The van der Waals surface area contributed by atoms with Gasteiger partial charge in [-0.2, -0.15) is 0 Å². The van der Waals surface area contributed by atoms with Crippen LogP contribution in [0.5, 0.6) is 0 Å². The van der Waals surface area contributed by atoms with Crippen molar-refractivity contribution in [2.45, 2.75) is 44.7 Å². The Hall–Kier alpha value is -1.42. The van der Waals surface area contributed by atoms with Gasteiger partial charge in [0.25, 0.3) is 0 Å². The van der Waals surface area contributed by atoms with Gasteiger partial charge >= 0.3 is 0 Å². The first-order valence-corrected chi connectivity index (χ1v) is 6.64. The standard InChI is InChI=1S/C14H21N3O/c1-3-14(7-4-8-16-14)13(18)17-11(2)12-5-9-15-10-6-12/h5-6,9-11,16H,3-4,7-8H2,1-2H3,(H,17,18)/t11-,14?/m1/s1. The molecule has 18 heavy (non-hydrogen) atoms. The third kappa shape index (κ3) is 2.53. The maximum Gasteiger partial charge on any atom is 0.240 e. The van der Waals surface area contributed by atoms with Gasteiger partial charge in [0.15, 0.2) is 0 Å². The molecular weight excluding hydrogens is 226 g/mol. The van der Waals surface area contributed by atoms with E-state index in [-0.39, 0.29) is 17.5 Å². The molecule has 2 rings (SSSR count). The van der Waals surface area contributed by atoms with Crippen LogP contribution in [0, 0.1) is 0 Å². The molecule has 2 atom stereocenters. The molecule has 1 amide bonds. The maximum absolute atomic E-state index is 12.4. The molecule has 2 N–H and O–H groups in total. The molecule has 1 saturated heterocycles. The van der Waals surface area contributed by atoms with Crippen LogP contribution in [-0.4, -0.2) is 23.0 Å². The summed E-state index contributed by atoms with van der Waals surface area (Å²) < 4.78 is 0. The summed E-state index contributed by atoms with van der Waals surface area (Å²) in [5, 5.41) is 6.45. The number of pyridine rings is 1. The Morgan fingerprint density at radius 2 is 2.28 bits per heavy atom. The van der Waals surface area contributed by atoms with Gasteiger partial charge in [-0.25, -0.2) is 0 Å². The number of rotatable bonds is 4. The highest BCUT2D eigenvalue weighted by Crippen LogP contribution is 2.24. The van der Waals surface area contributed by atoms with Crippen LogP contribution in [0.4, 0.5) is 0 Å². The van der Waals surface area contributed by atoms with Gasteiger partial charge in [0.05, 0.1) is 11.6 Å². The quantitative estimate of drug-likeness (QED) is 0.853. The molecule has 1 unspecified atom stereocenters. The Labute approximate surface area is 108 Å². The van der Waals surface area contributed by atoms with Gasteiger partial charge in [0, 0.05) is 12.4 Å². The highest BCUT2D eigenvalue weighted by molar-refractivity contribution is 5.87. The Kier molecular flexibility index (Phi) is 3.97. The average molecular weight is 247 g/mol. The van der Waals surface area contributed by atoms with E-state index in [1.165, 1.54) is 0 Å². The smallest absolute Gasteiger partial charge is 0.240 e. The maximum atomic E-state index is 12.4. The van der Waals surface area contributed by atoms with Crippen LogP contribution in [0.3, 0.4) is 0 Å². The summed E-state index contributed by atoms with van der Waals surface area (Å²) in [6.45, 7) is 5.01. The van der Waals surface area contributed by atoms with Gasteiger partial charge in [-0.05, 0) is 50.4 Å². The lowest BCUT2D eigenvalue weighted by atomic mass is 9.92. The minimum Gasteiger partial charge on any atom is -0.348 e. The van der Waals surface area contributed by atoms with Crippen LogP contribution >= 0.6 is 0 Å². The molecule has 98 valence electrons. The summed E-state index contributed by atoms with van der Waals surface area (Å²) >= 11 is 0. The van der Waals surface area contributed by atoms with Gasteiger partial charge in [-0.15, -0.1) is 0 Å². The molecule has 0 spiro atoms. The summed E-state index contributed by atoms with van der Waals surface area (Å²) in [5.41, 5.74) is 0.726. The minimum absolute atomic E-state index is 0.0197. The molecule has 1 aromatic rings. The van der Waals surface area contributed by atoms with Crippen molar-refractivity contribution in [1.29, 1.82) is 0 Å². The number of hydrogen-bond donors (Lipinski definition) is 2. The predicted octanol–water partition coefficient (Wildman–Crippen LogP) is 1.79. The largest absolute Gasteiger partial charge is 0.348 e. The van der Waals surface area contributed by atoms with Crippen molar-refractivity contribution in [1.82, 2.24) is 15.6 Å².